The Kier molecular flexibility index (Phi) is 4.64. The number of nitro groups is 1. The summed E-state index contributed by atoms with van der Waals surface area (Å²) in [6, 6.07) is 2.53. The third-order valence-corrected chi connectivity index (χ3v) is 3.98. The first-order valence-corrected chi connectivity index (χ1v) is 6.98. The van der Waals surface area contributed by atoms with E-state index in [4.69, 9.17) is 22.4 Å². The Morgan fingerprint density at radius 3 is 2.67 bits per heavy atom. The van der Waals surface area contributed by atoms with E-state index < -0.39 is 4.92 Å². The van der Waals surface area contributed by atoms with Gasteiger partial charge >= 0.3 is 0 Å². The van der Waals surface area contributed by atoms with Crippen LogP contribution in [0, 0.1) is 10.1 Å². The fourth-order valence-electron chi connectivity index (χ4n) is 2.30. The fourth-order valence-corrected chi connectivity index (χ4v) is 2.51. The zero-order valence-electron chi connectivity index (χ0n) is 11.3. The SMILES string of the molecule is Nc1c(Cl)cc(C(=O)N(CCO)C2CCC2)cc1[N+](=O)[O-]. The van der Waals surface area contributed by atoms with E-state index in [-0.39, 0.29) is 47.1 Å². The molecule has 0 aliphatic heterocycles. The number of hydrogen-bond donors (Lipinski definition) is 2. The molecule has 1 saturated carbocycles. The van der Waals surface area contributed by atoms with Gasteiger partial charge in [0.2, 0.25) is 0 Å². The molecule has 114 valence electrons. The Morgan fingerprint density at radius 2 is 2.19 bits per heavy atom. The van der Waals surface area contributed by atoms with Crippen molar-refractivity contribution in [3.8, 4) is 0 Å². The summed E-state index contributed by atoms with van der Waals surface area (Å²) in [4.78, 5) is 24.3. The van der Waals surface area contributed by atoms with Gasteiger partial charge in [0.1, 0.15) is 5.69 Å². The molecule has 0 unspecified atom stereocenters. The fraction of sp³-hybridized carbons (Fsp3) is 0.462. The van der Waals surface area contributed by atoms with Gasteiger partial charge in [-0.2, -0.15) is 0 Å². The van der Waals surface area contributed by atoms with Crippen molar-refractivity contribution < 1.29 is 14.8 Å². The molecular weight excluding hydrogens is 298 g/mol. The summed E-state index contributed by atoms with van der Waals surface area (Å²) in [6.07, 6.45) is 2.77. The van der Waals surface area contributed by atoms with Gasteiger partial charge in [-0.3, -0.25) is 14.9 Å². The van der Waals surface area contributed by atoms with Crippen molar-refractivity contribution in [2.24, 2.45) is 0 Å². The van der Waals surface area contributed by atoms with Crippen LogP contribution in [0.1, 0.15) is 29.6 Å². The highest BCUT2D eigenvalue weighted by Gasteiger charge is 2.30. The highest BCUT2D eigenvalue weighted by molar-refractivity contribution is 6.34. The van der Waals surface area contributed by atoms with Crippen molar-refractivity contribution in [3.05, 3.63) is 32.8 Å². The number of hydrogen-bond acceptors (Lipinski definition) is 5. The van der Waals surface area contributed by atoms with E-state index in [0.717, 1.165) is 25.3 Å². The number of carbonyl (C=O) groups excluding carboxylic acids is 1. The van der Waals surface area contributed by atoms with Crippen LogP contribution in [0.4, 0.5) is 11.4 Å². The van der Waals surface area contributed by atoms with Gasteiger partial charge in [0.15, 0.2) is 0 Å². The van der Waals surface area contributed by atoms with Gasteiger partial charge in [-0.25, -0.2) is 0 Å². The predicted molar refractivity (Wildman–Crippen MR) is 78.3 cm³/mol. The average Bonchev–Trinajstić information content (AvgIpc) is 2.38. The van der Waals surface area contributed by atoms with Crippen LogP contribution in [0.3, 0.4) is 0 Å². The second kappa shape index (κ2) is 6.28. The van der Waals surface area contributed by atoms with Crippen molar-refractivity contribution in [2.45, 2.75) is 25.3 Å². The van der Waals surface area contributed by atoms with Crippen molar-refractivity contribution in [2.75, 3.05) is 18.9 Å². The molecule has 1 aromatic rings. The van der Waals surface area contributed by atoms with Crippen molar-refractivity contribution in [3.63, 3.8) is 0 Å². The van der Waals surface area contributed by atoms with Gasteiger partial charge in [0.25, 0.3) is 11.6 Å². The van der Waals surface area contributed by atoms with Gasteiger partial charge in [-0.15, -0.1) is 0 Å². The number of nitrogens with two attached hydrogens (primary N) is 1. The number of halogens is 1. The van der Waals surface area contributed by atoms with Crippen molar-refractivity contribution >= 4 is 28.9 Å². The van der Waals surface area contributed by atoms with E-state index in [2.05, 4.69) is 0 Å². The molecule has 1 amide bonds. The van der Waals surface area contributed by atoms with Crippen LogP contribution in [0.2, 0.25) is 5.02 Å². The lowest BCUT2D eigenvalue weighted by Gasteiger charge is -2.37. The average molecular weight is 314 g/mol. The van der Waals surface area contributed by atoms with Crippen molar-refractivity contribution in [1.29, 1.82) is 0 Å². The minimum atomic E-state index is -0.669. The topological polar surface area (TPSA) is 110 Å². The lowest BCUT2D eigenvalue weighted by atomic mass is 9.91. The van der Waals surface area contributed by atoms with E-state index in [1.54, 1.807) is 0 Å². The second-order valence-corrected chi connectivity index (χ2v) is 5.36. The maximum Gasteiger partial charge on any atom is 0.294 e. The van der Waals surface area contributed by atoms with Gasteiger partial charge in [0.05, 0.1) is 16.6 Å². The van der Waals surface area contributed by atoms with E-state index in [0.29, 0.717) is 0 Å². The van der Waals surface area contributed by atoms with Gasteiger partial charge < -0.3 is 15.7 Å². The third-order valence-electron chi connectivity index (χ3n) is 3.67. The normalized spacial score (nSPS) is 14.6. The maximum absolute atomic E-state index is 12.5. The molecular formula is C13H16ClN3O4. The van der Waals surface area contributed by atoms with Crippen LogP contribution >= 0.6 is 11.6 Å². The minimum Gasteiger partial charge on any atom is -0.395 e. The number of anilines is 1. The van der Waals surface area contributed by atoms with Crippen LogP contribution in [-0.2, 0) is 0 Å². The quantitative estimate of drug-likeness (QED) is 0.489. The molecule has 1 aromatic carbocycles. The number of carbonyl (C=O) groups is 1. The van der Waals surface area contributed by atoms with Crippen LogP contribution in [0.5, 0.6) is 0 Å². The van der Waals surface area contributed by atoms with E-state index in [1.807, 2.05) is 0 Å². The molecule has 0 heterocycles. The number of aliphatic hydroxyl groups excluding tert-OH is 1. The highest BCUT2D eigenvalue weighted by Crippen LogP contribution is 2.32. The molecule has 0 saturated heterocycles. The molecule has 8 heteroatoms. The Bertz CT molecular complexity index is 575. The molecule has 0 aromatic heterocycles. The number of nitrogens with zero attached hydrogens (tertiary/aromatic N) is 2. The first-order valence-electron chi connectivity index (χ1n) is 6.61. The zero-order valence-corrected chi connectivity index (χ0v) is 12.0. The summed E-state index contributed by atoms with van der Waals surface area (Å²) in [5.74, 6) is -0.376. The van der Waals surface area contributed by atoms with Gasteiger partial charge in [-0.1, -0.05) is 11.6 Å². The number of rotatable bonds is 5. The summed E-state index contributed by atoms with van der Waals surface area (Å²) in [5, 5.41) is 20.0. The highest BCUT2D eigenvalue weighted by atomic mass is 35.5. The standard InChI is InChI=1S/C13H16ClN3O4/c14-10-6-8(7-11(12(10)15)17(20)21)13(19)16(4-5-18)9-2-1-3-9/h6-7,9,18H,1-5,15H2. The molecule has 0 bridgehead atoms. The molecule has 1 aliphatic carbocycles. The molecule has 1 aliphatic rings. The lowest BCUT2D eigenvalue weighted by molar-refractivity contribution is -0.383. The maximum atomic E-state index is 12.5. The van der Waals surface area contributed by atoms with Crippen LogP contribution < -0.4 is 5.73 Å². The lowest BCUT2D eigenvalue weighted by Crippen LogP contribution is -2.45. The second-order valence-electron chi connectivity index (χ2n) is 4.95. The van der Waals surface area contributed by atoms with E-state index >= 15 is 0 Å². The number of nitro benzene ring substituents is 1. The number of benzene rings is 1. The first kappa shape index (κ1) is 15.5. The Morgan fingerprint density at radius 1 is 1.52 bits per heavy atom. The van der Waals surface area contributed by atoms with E-state index in [1.165, 1.54) is 11.0 Å². The van der Waals surface area contributed by atoms with Crippen LogP contribution in [-0.4, -0.2) is 40.0 Å². The van der Waals surface area contributed by atoms with Crippen LogP contribution in [0.25, 0.3) is 0 Å². The largest absolute Gasteiger partial charge is 0.395 e. The molecule has 3 N–H and O–H groups in total. The smallest absolute Gasteiger partial charge is 0.294 e. The molecule has 1 fully saturated rings. The third kappa shape index (κ3) is 3.08. The zero-order chi connectivity index (χ0) is 15.6. The molecule has 0 atom stereocenters. The van der Waals surface area contributed by atoms with Crippen molar-refractivity contribution in [1.82, 2.24) is 4.90 Å². The summed E-state index contributed by atoms with van der Waals surface area (Å²) in [7, 11) is 0. The number of nitrogen functional groups attached to an aromatic ring is 1. The molecule has 2 rings (SSSR count). The first-order chi connectivity index (χ1) is 9.95. The van der Waals surface area contributed by atoms with Gasteiger partial charge in [0, 0.05) is 24.2 Å². The Hall–Kier alpha value is -1.86. The molecule has 0 radical (unpaired) electrons. The summed E-state index contributed by atoms with van der Waals surface area (Å²) in [5.41, 5.74) is 5.12. The predicted octanol–water partition coefficient (Wildman–Crippen LogP) is 1.82. The monoisotopic (exact) mass is 313 g/mol. The molecule has 7 nitrogen and oxygen atoms in total. The summed E-state index contributed by atoms with van der Waals surface area (Å²) >= 11 is 5.87. The van der Waals surface area contributed by atoms with Gasteiger partial charge in [-0.05, 0) is 25.3 Å². The number of aliphatic hydroxyl groups is 1. The Balaban J connectivity index is 2.35. The molecule has 21 heavy (non-hydrogen) atoms. The summed E-state index contributed by atoms with van der Waals surface area (Å²) < 4.78 is 0. The number of amides is 1. The molecule has 0 spiro atoms. The van der Waals surface area contributed by atoms with Crippen LogP contribution in [0.15, 0.2) is 12.1 Å². The Labute approximate surface area is 126 Å². The minimum absolute atomic E-state index is 0.0230. The summed E-state index contributed by atoms with van der Waals surface area (Å²) in [6.45, 7) is 0.0341. The van der Waals surface area contributed by atoms with E-state index in [9.17, 15) is 14.9 Å².